The maximum atomic E-state index is 14.3. The summed E-state index contributed by atoms with van der Waals surface area (Å²) in [5.74, 6) is -4.34. The molecule has 3 heterocycles. The summed E-state index contributed by atoms with van der Waals surface area (Å²) in [4.78, 5) is 106. The molecule has 4 bridgehead atoms. The second-order valence-corrected chi connectivity index (χ2v) is 25.8. The maximum absolute atomic E-state index is 14.3. The van der Waals surface area contributed by atoms with Gasteiger partial charge in [0, 0.05) is 67.3 Å². The van der Waals surface area contributed by atoms with Gasteiger partial charge in [0.1, 0.15) is 53.9 Å². The lowest BCUT2D eigenvalue weighted by atomic mass is 9.83. The molecule has 71 heavy (non-hydrogen) atoms. The molecule has 1 aromatic carbocycles. The van der Waals surface area contributed by atoms with E-state index < -0.39 is 116 Å². The number of fused-ring (bicyclic) bond motifs is 5. The molecule has 4 amide bonds. The van der Waals surface area contributed by atoms with Gasteiger partial charge in [-0.2, -0.15) is 0 Å². The van der Waals surface area contributed by atoms with Gasteiger partial charge in [0.25, 0.3) is 0 Å². The van der Waals surface area contributed by atoms with Crippen LogP contribution in [0, 0.1) is 5.92 Å². The van der Waals surface area contributed by atoms with Crippen molar-refractivity contribution in [2.45, 2.75) is 140 Å². The van der Waals surface area contributed by atoms with Crippen LogP contribution in [0.4, 0.5) is 10.5 Å². The number of hydrogen-bond donors (Lipinski definition) is 3. The average molecular weight is 1040 g/mol. The number of carbonyl (C=O) groups is 8. The van der Waals surface area contributed by atoms with Crippen LogP contribution in [-0.2, 0) is 68.4 Å². The highest BCUT2D eigenvalue weighted by Gasteiger charge is 2.64. The van der Waals surface area contributed by atoms with E-state index in [1.165, 1.54) is 40.1 Å². The van der Waals surface area contributed by atoms with Crippen molar-refractivity contribution in [3.63, 3.8) is 0 Å². The Hall–Kier alpha value is -5.19. The molecular weight excluding hydrogens is 964 g/mol. The number of nitrogens with one attached hydrogen (secondary N) is 2. The van der Waals surface area contributed by atoms with E-state index in [1.54, 1.807) is 38.1 Å². The van der Waals surface area contributed by atoms with Crippen LogP contribution in [0.25, 0.3) is 0 Å². The largest absolute Gasteiger partial charge is 0.495 e. The second-order valence-electron chi connectivity index (χ2n) is 19.8. The summed E-state index contributed by atoms with van der Waals surface area (Å²) in [6.45, 7) is 12.3. The SMILES string of the molecule is COc1cc2cc(c1Cl)N(C)C(=O)CC(OC(=O)C(C)N(C)C(=O)CCC(=O)CNC(=O)CCC(=O)COCC(=O)OCC[Si](C)(C)C)C1(C)OC1C(C)C1CC(O)(NC(=O)O1)C(OC)/C=C/C=C(\C)C2. The number of epoxide rings is 1. The summed E-state index contributed by atoms with van der Waals surface area (Å²) in [6.07, 6.45) is -0.815. The Morgan fingerprint density at radius 2 is 1.75 bits per heavy atom. The van der Waals surface area contributed by atoms with Crippen molar-refractivity contribution < 1.29 is 76.6 Å². The van der Waals surface area contributed by atoms with Crippen LogP contribution in [0.3, 0.4) is 0 Å². The number of anilines is 1. The van der Waals surface area contributed by atoms with E-state index in [4.69, 9.17) is 44.8 Å². The molecule has 0 saturated carbocycles. The molecule has 1 aromatic rings. The number of esters is 2. The standard InChI is InChI=1S/C49H71ClN4O16Si/c1-29-13-12-14-38(65-8)49(63)25-37(68-47(62)52-49)30(2)45-48(4,70-45)39(24-42(59)54(6)35-22-32(21-29)23-36(64-7)44(35)50)69-46(61)31(3)53(5)41(58)18-16-33(55)26-51-40(57)17-15-34(56)27-66-28-43(60)67-19-20-71(9,10)11/h12-14,22-23,30-31,37-39,45,63H,15-21,24-28H2,1-11H3,(H,51,57)(H,52,62)/b14-12+,29-13+. The third kappa shape index (κ3) is 16.7. The Balaban J connectivity index is 1.41. The molecule has 3 aliphatic rings. The van der Waals surface area contributed by atoms with E-state index in [2.05, 4.69) is 30.3 Å². The molecule has 2 saturated heterocycles. The molecule has 3 N–H and O–H groups in total. The lowest BCUT2D eigenvalue weighted by Gasteiger charge is -2.42. The number of carbonyl (C=O) groups excluding carboxylic acids is 8. The number of likely N-dealkylation sites (N-methyl/N-ethyl adjacent to an activating group) is 1. The summed E-state index contributed by atoms with van der Waals surface area (Å²) in [6, 6.07) is 3.09. The van der Waals surface area contributed by atoms with Crippen molar-refractivity contribution in [2.24, 2.45) is 5.92 Å². The first-order chi connectivity index (χ1) is 33.2. The zero-order valence-corrected chi connectivity index (χ0v) is 44.4. The number of ketones is 2. The van der Waals surface area contributed by atoms with Gasteiger partial charge in [-0.15, -0.1) is 0 Å². The molecule has 0 aliphatic carbocycles. The Kier molecular flexibility index (Phi) is 20.9. The van der Waals surface area contributed by atoms with Crippen LogP contribution < -0.4 is 20.3 Å². The van der Waals surface area contributed by atoms with Crippen molar-refractivity contribution in [3.8, 4) is 5.75 Å². The maximum Gasteiger partial charge on any atom is 0.409 e. The van der Waals surface area contributed by atoms with Gasteiger partial charge in [-0.1, -0.05) is 62.0 Å². The molecule has 20 nitrogen and oxygen atoms in total. The number of amides is 4. The first-order valence-electron chi connectivity index (χ1n) is 23.6. The summed E-state index contributed by atoms with van der Waals surface area (Å²) >= 11 is 6.78. The number of hydrogen-bond acceptors (Lipinski definition) is 16. The minimum absolute atomic E-state index is 0.117. The Morgan fingerprint density at radius 1 is 1.06 bits per heavy atom. The van der Waals surface area contributed by atoms with Gasteiger partial charge in [0.15, 0.2) is 17.3 Å². The molecule has 22 heteroatoms. The molecule has 8 atom stereocenters. The first kappa shape index (κ1) is 58.4. The topological polar surface area (TPSA) is 255 Å². The minimum atomic E-state index is -1.89. The highest BCUT2D eigenvalue weighted by Crippen LogP contribution is 2.49. The number of rotatable bonds is 20. The highest BCUT2D eigenvalue weighted by atomic mass is 35.5. The van der Waals surface area contributed by atoms with Gasteiger partial charge in [0.2, 0.25) is 17.7 Å². The van der Waals surface area contributed by atoms with Gasteiger partial charge >= 0.3 is 18.0 Å². The van der Waals surface area contributed by atoms with Crippen molar-refractivity contribution in [2.75, 3.05) is 59.6 Å². The number of alkyl carbamates (subject to hydrolysis) is 1. The van der Waals surface area contributed by atoms with Crippen molar-refractivity contribution in [1.82, 2.24) is 15.5 Å². The normalized spacial score (nSPS) is 26.2. The number of ether oxygens (including phenoxy) is 7. The van der Waals surface area contributed by atoms with Crippen molar-refractivity contribution in [1.29, 1.82) is 0 Å². The Morgan fingerprint density at radius 3 is 2.41 bits per heavy atom. The van der Waals surface area contributed by atoms with Crippen LogP contribution >= 0.6 is 11.6 Å². The predicted octanol–water partition coefficient (Wildman–Crippen LogP) is 4.23. The first-order valence-corrected chi connectivity index (χ1v) is 27.7. The number of nitrogens with zero attached hydrogens (tertiary/aromatic N) is 2. The van der Waals surface area contributed by atoms with Gasteiger partial charge < -0.3 is 53.4 Å². The van der Waals surface area contributed by atoms with Gasteiger partial charge in [0.05, 0.1) is 38.5 Å². The van der Waals surface area contributed by atoms with Gasteiger partial charge in [-0.05, 0) is 50.9 Å². The van der Waals surface area contributed by atoms with Crippen LogP contribution in [0.5, 0.6) is 5.75 Å². The number of halogens is 1. The number of methoxy groups -OCH3 is 2. The van der Waals surface area contributed by atoms with E-state index >= 15 is 0 Å². The summed E-state index contributed by atoms with van der Waals surface area (Å²) in [5, 5.41) is 16.9. The molecule has 4 rings (SSSR count). The number of aliphatic hydroxyl groups is 1. The molecular formula is C49H71ClN4O16Si. The molecule has 0 spiro atoms. The van der Waals surface area contributed by atoms with Gasteiger partial charge in [-0.3, -0.25) is 29.3 Å². The van der Waals surface area contributed by atoms with Gasteiger partial charge in [-0.25, -0.2) is 14.4 Å². The van der Waals surface area contributed by atoms with E-state index in [-0.39, 0.29) is 50.3 Å². The quantitative estimate of drug-likeness (QED) is 0.0715. The Bertz CT molecular complexity index is 2220. The van der Waals surface area contributed by atoms with Crippen molar-refractivity contribution in [3.05, 3.63) is 46.5 Å². The fourth-order valence-electron chi connectivity index (χ4n) is 8.10. The molecule has 0 radical (unpaired) electrons. The zero-order valence-electron chi connectivity index (χ0n) is 42.7. The monoisotopic (exact) mass is 1030 g/mol. The van der Waals surface area contributed by atoms with Crippen LogP contribution in [0.2, 0.25) is 30.7 Å². The fraction of sp³-hybridized carbons (Fsp3) is 0.633. The molecule has 2 fully saturated rings. The summed E-state index contributed by atoms with van der Waals surface area (Å²) in [5.41, 5.74) is -1.27. The third-order valence-electron chi connectivity index (χ3n) is 12.9. The van der Waals surface area contributed by atoms with Crippen molar-refractivity contribution >= 4 is 72.7 Å². The fourth-order valence-corrected chi connectivity index (χ4v) is 9.13. The lowest BCUT2D eigenvalue weighted by molar-refractivity contribution is -0.162. The third-order valence-corrected chi connectivity index (χ3v) is 14.9. The smallest absolute Gasteiger partial charge is 0.409 e. The van der Waals surface area contributed by atoms with Crippen LogP contribution in [0.15, 0.2) is 35.9 Å². The van der Waals surface area contributed by atoms with E-state index in [1.807, 2.05) is 13.0 Å². The predicted molar refractivity (Wildman–Crippen MR) is 262 cm³/mol. The molecule has 394 valence electrons. The highest BCUT2D eigenvalue weighted by molar-refractivity contribution is 6.76. The zero-order chi connectivity index (χ0) is 53.0. The number of allylic oxidation sites excluding steroid dienone is 3. The summed E-state index contributed by atoms with van der Waals surface area (Å²) in [7, 11) is 4.36. The van der Waals surface area contributed by atoms with E-state index in [0.717, 1.165) is 22.1 Å². The Labute approximate surface area is 421 Å². The summed E-state index contributed by atoms with van der Waals surface area (Å²) < 4.78 is 39.4. The van der Waals surface area contributed by atoms with Crippen LogP contribution in [0.1, 0.15) is 71.8 Å². The number of Topliss-reactive ketones (excluding diaryl/α,β-unsaturated/α-hetero) is 2. The lowest BCUT2D eigenvalue weighted by Crippen LogP contribution is -2.63. The van der Waals surface area contributed by atoms with Crippen LogP contribution in [-0.4, -0.2) is 162 Å². The van der Waals surface area contributed by atoms with E-state index in [0.29, 0.717) is 24.5 Å². The minimum Gasteiger partial charge on any atom is -0.495 e. The molecule has 3 aliphatic heterocycles. The second kappa shape index (κ2) is 25.5. The molecule has 8 unspecified atom stereocenters. The van der Waals surface area contributed by atoms with E-state index in [9.17, 15) is 43.5 Å². The molecule has 0 aromatic heterocycles. The average Bonchev–Trinajstić information content (AvgIpc) is 4.00. The number of benzene rings is 1.